The van der Waals surface area contributed by atoms with E-state index in [1.165, 1.54) is 0 Å². The Labute approximate surface area is 129 Å². The molecule has 5 nitrogen and oxygen atoms in total. The lowest BCUT2D eigenvalue weighted by molar-refractivity contribution is -0.123. The lowest BCUT2D eigenvalue weighted by atomic mass is 10.1. The second-order valence-electron chi connectivity index (χ2n) is 5.42. The quantitative estimate of drug-likeness (QED) is 0.913. The molecular formula is C17H19N3O2. The van der Waals surface area contributed by atoms with Crippen LogP contribution in [0.25, 0.3) is 0 Å². The smallest absolute Gasteiger partial charge is 0.239 e. The van der Waals surface area contributed by atoms with Gasteiger partial charge in [-0.2, -0.15) is 0 Å². The molecule has 2 atom stereocenters. The van der Waals surface area contributed by atoms with Crippen LogP contribution in [0.15, 0.2) is 54.9 Å². The molecule has 2 heterocycles. The first kappa shape index (κ1) is 14.5. The summed E-state index contributed by atoms with van der Waals surface area (Å²) in [6.45, 7) is 1.48. The van der Waals surface area contributed by atoms with Gasteiger partial charge in [0.15, 0.2) is 0 Å². The third-order valence-electron chi connectivity index (χ3n) is 3.88. The van der Waals surface area contributed by atoms with Crippen molar-refractivity contribution in [3.63, 3.8) is 0 Å². The Balaban J connectivity index is 1.69. The third-order valence-corrected chi connectivity index (χ3v) is 3.88. The summed E-state index contributed by atoms with van der Waals surface area (Å²) >= 11 is 0. The molecule has 1 fully saturated rings. The van der Waals surface area contributed by atoms with E-state index in [2.05, 4.69) is 9.88 Å². The third kappa shape index (κ3) is 3.26. The van der Waals surface area contributed by atoms with Crippen molar-refractivity contribution < 1.29 is 9.53 Å². The molecule has 2 aromatic rings. The maximum absolute atomic E-state index is 11.9. The number of ether oxygens (including phenoxy) is 1. The van der Waals surface area contributed by atoms with Crippen LogP contribution in [0.2, 0.25) is 0 Å². The van der Waals surface area contributed by atoms with E-state index in [1.54, 1.807) is 12.4 Å². The van der Waals surface area contributed by atoms with Crippen LogP contribution in [0, 0.1) is 0 Å². The predicted molar refractivity (Wildman–Crippen MR) is 83.2 cm³/mol. The summed E-state index contributed by atoms with van der Waals surface area (Å²) in [5.41, 5.74) is 6.55. The summed E-state index contributed by atoms with van der Waals surface area (Å²) in [6, 6.07) is 12.9. The molecule has 2 N–H and O–H groups in total. The minimum Gasteiger partial charge on any atom is -0.489 e. The number of carbonyl (C=O) groups is 1. The van der Waals surface area contributed by atoms with Crippen molar-refractivity contribution in [2.24, 2.45) is 5.73 Å². The zero-order valence-electron chi connectivity index (χ0n) is 12.3. The van der Waals surface area contributed by atoms with E-state index < -0.39 is 6.04 Å². The first-order chi connectivity index (χ1) is 10.7. The highest BCUT2D eigenvalue weighted by Crippen LogP contribution is 2.26. The van der Waals surface area contributed by atoms with Crippen LogP contribution >= 0.6 is 0 Å². The van der Waals surface area contributed by atoms with Gasteiger partial charge in [0.2, 0.25) is 5.91 Å². The molecule has 1 amide bonds. The molecule has 0 aliphatic carbocycles. The van der Waals surface area contributed by atoms with Gasteiger partial charge >= 0.3 is 0 Å². The molecule has 114 valence electrons. The molecule has 0 saturated carbocycles. The lowest BCUT2D eigenvalue weighted by Crippen LogP contribution is -2.37. The van der Waals surface area contributed by atoms with Gasteiger partial charge in [0.1, 0.15) is 17.9 Å². The van der Waals surface area contributed by atoms with E-state index in [9.17, 15) is 4.79 Å². The fourth-order valence-corrected chi connectivity index (χ4v) is 2.88. The highest BCUT2D eigenvalue weighted by Gasteiger charge is 2.33. The minimum absolute atomic E-state index is 0.0629. The predicted octanol–water partition coefficient (Wildman–Crippen LogP) is 1.76. The largest absolute Gasteiger partial charge is 0.489 e. The molecule has 5 heteroatoms. The zero-order valence-corrected chi connectivity index (χ0v) is 12.3. The summed E-state index contributed by atoms with van der Waals surface area (Å²) in [5, 5.41) is 0. The number of likely N-dealkylation sites (tertiary alicyclic amines) is 1. The van der Waals surface area contributed by atoms with Gasteiger partial charge in [-0.15, -0.1) is 0 Å². The number of nitrogens with two attached hydrogens (primary N) is 1. The fraction of sp³-hybridized carbons (Fsp3) is 0.294. The van der Waals surface area contributed by atoms with Gasteiger partial charge in [0.25, 0.3) is 0 Å². The Morgan fingerprint density at radius 2 is 1.95 bits per heavy atom. The van der Waals surface area contributed by atoms with Crippen LogP contribution in [0.3, 0.4) is 0 Å². The number of nitrogens with zero attached hydrogens (tertiary/aromatic N) is 2. The molecule has 0 bridgehead atoms. The number of aromatic nitrogens is 1. The lowest BCUT2D eigenvalue weighted by Gasteiger charge is -2.25. The van der Waals surface area contributed by atoms with Gasteiger partial charge in [-0.05, 0) is 24.1 Å². The number of rotatable bonds is 5. The van der Waals surface area contributed by atoms with Crippen LogP contribution in [-0.2, 0) is 4.79 Å². The minimum atomic E-state index is -0.396. The van der Waals surface area contributed by atoms with Gasteiger partial charge in [-0.25, -0.2) is 0 Å². The number of benzene rings is 1. The van der Waals surface area contributed by atoms with E-state index >= 15 is 0 Å². The summed E-state index contributed by atoms with van der Waals surface area (Å²) in [5.74, 6) is 0.480. The Morgan fingerprint density at radius 1 is 1.23 bits per heavy atom. The van der Waals surface area contributed by atoms with E-state index in [0.717, 1.165) is 24.3 Å². The van der Waals surface area contributed by atoms with Gasteiger partial charge in [-0.1, -0.05) is 30.3 Å². The number of amides is 1. The van der Waals surface area contributed by atoms with Crippen molar-refractivity contribution in [1.29, 1.82) is 0 Å². The van der Waals surface area contributed by atoms with Crippen molar-refractivity contribution >= 4 is 5.91 Å². The van der Waals surface area contributed by atoms with E-state index in [1.807, 2.05) is 42.5 Å². The Hall–Kier alpha value is -2.40. The maximum Gasteiger partial charge on any atom is 0.239 e. The van der Waals surface area contributed by atoms with E-state index in [4.69, 9.17) is 10.5 Å². The second-order valence-corrected chi connectivity index (χ2v) is 5.42. The molecule has 1 aromatic heterocycles. The van der Waals surface area contributed by atoms with Crippen LogP contribution in [0.5, 0.6) is 5.75 Å². The fourth-order valence-electron chi connectivity index (χ4n) is 2.88. The molecule has 22 heavy (non-hydrogen) atoms. The van der Waals surface area contributed by atoms with Crippen LogP contribution in [0.4, 0.5) is 0 Å². The first-order valence-electron chi connectivity index (χ1n) is 7.39. The van der Waals surface area contributed by atoms with Gasteiger partial charge in [0.05, 0.1) is 0 Å². The number of primary amides is 1. The van der Waals surface area contributed by atoms with E-state index in [-0.39, 0.29) is 12.0 Å². The summed E-state index contributed by atoms with van der Waals surface area (Å²) in [6.07, 6.45) is 4.35. The van der Waals surface area contributed by atoms with Crippen LogP contribution in [0.1, 0.15) is 18.0 Å². The second kappa shape index (κ2) is 6.58. The number of pyridine rings is 1. The van der Waals surface area contributed by atoms with Crippen molar-refractivity contribution in [2.45, 2.75) is 18.6 Å². The van der Waals surface area contributed by atoms with Crippen molar-refractivity contribution in [2.75, 3.05) is 13.1 Å². The van der Waals surface area contributed by atoms with Gasteiger partial charge in [0, 0.05) is 25.5 Å². The summed E-state index contributed by atoms with van der Waals surface area (Å²) in [7, 11) is 0. The standard InChI is InChI=1S/C17H19N3O2/c18-17(21)16(13-4-2-1-3-5-13)20-11-8-15(12-20)22-14-6-9-19-10-7-14/h1-7,9-10,15-16H,8,11-12H2,(H2,18,21)/t15-,16-/m1/s1. The molecule has 0 unspecified atom stereocenters. The molecule has 1 aliphatic rings. The van der Waals surface area contributed by atoms with Crippen molar-refractivity contribution in [1.82, 2.24) is 9.88 Å². The number of hydrogen-bond acceptors (Lipinski definition) is 4. The maximum atomic E-state index is 11.9. The van der Waals surface area contributed by atoms with E-state index in [0.29, 0.717) is 6.54 Å². The first-order valence-corrected chi connectivity index (χ1v) is 7.39. The average molecular weight is 297 g/mol. The van der Waals surface area contributed by atoms with Crippen molar-refractivity contribution in [3.8, 4) is 5.75 Å². The molecule has 0 spiro atoms. The molecule has 3 rings (SSSR count). The van der Waals surface area contributed by atoms with Crippen LogP contribution < -0.4 is 10.5 Å². The van der Waals surface area contributed by atoms with Crippen LogP contribution in [-0.4, -0.2) is 35.0 Å². The molecular weight excluding hydrogens is 278 g/mol. The summed E-state index contributed by atoms with van der Waals surface area (Å²) < 4.78 is 5.94. The van der Waals surface area contributed by atoms with Gasteiger partial charge < -0.3 is 10.5 Å². The van der Waals surface area contributed by atoms with Gasteiger partial charge in [-0.3, -0.25) is 14.7 Å². The summed E-state index contributed by atoms with van der Waals surface area (Å²) in [4.78, 5) is 17.9. The topological polar surface area (TPSA) is 68.5 Å². The number of carbonyl (C=O) groups excluding carboxylic acids is 1. The number of hydrogen-bond donors (Lipinski definition) is 1. The Morgan fingerprint density at radius 3 is 2.64 bits per heavy atom. The highest BCUT2D eigenvalue weighted by molar-refractivity contribution is 5.81. The molecule has 1 saturated heterocycles. The highest BCUT2D eigenvalue weighted by atomic mass is 16.5. The average Bonchev–Trinajstić information content (AvgIpc) is 2.97. The normalized spacial score (nSPS) is 19.7. The SMILES string of the molecule is NC(=O)[C@@H](c1ccccc1)N1CC[C@@H](Oc2ccncc2)C1. The Bertz CT molecular complexity index is 618. The zero-order chi connectivity index (χ0) is 15.4. The molecule has 1 aromatic carbocycles. The molecule has 1 aliphatic heterocycles. The van der Waals surface area contributed by atoms with Crippen molar-refractivity contribution in [3.05, 3.63) is 60.4 Å². The molecule has 0 radical (unpaired) electrons. The monoisotopic (exact) mass is 297 g/mol. The Kier molecular flexibility index (Phi) is 4.34.